The first kappa shape index (κ1) is 15.1. The average molecular weight is 321 g/mol. The number of rotatable bonds is 3. The van der Waals surface area contributed by atoms with Gasteiger partial charge in [-0.05, 0) is 37.5 Å². The summed E-state index contributed by atoms with van der Waals surface area (Å²) in [6, 6.07) is 7.45. The highest BCUT2D eigenvalue weighted by molar-refractivity contribution is 6.30. The van der Waals surface area contributed by atoms with Crippen LogP contribution in [0.15, 0.2) is 35.1 Å². The van der Waals surface area contributed by atoms with E-state index in [1.165, 1.54) is 6.26 Å². The summed E-state index contributed by atoms with van der Waals surface area (Å²) in [7, 11) is 0. The molecule has 2 heterocycles. The van der Waals surface area contributed by atoms with Crippen LogP contribution in [0.25, 0.3) is 0 Å². The Morgan fingerprint density at radius 2 is 2.14 bits per heavy atom. The van der Waals surface area contributed by atoms with Crippen molar-refractivity contribution in [1.29, 1.82) is 0 Å². The van der Waals surface area contributed by atoms with Crippen molar-refractivity contribution in [3.8, 4) is 0 Å². The number of aryl methyl sites for hydroxylation is 1. The number of carbonyl (C=O) groups excluding carboxylic acids is 1. The Morgan fingerprint density at radius 3 is 2.77 bits per heavy atom. The maximum absolute atomic E-state index is 13.0. The van der Waals surface area contributed by atoms with Crippen LogP contribution in [-0.2, 0) is 14.9 Å². The second-order valence-electron chi connectivity index (χ2n) is 5.51. The third-order valence-corrected chi connectivity index (χ3v) is 4.37. The fraction of sp³-hybridized carbons (Fsp3) is 0.375. The van der Waals surface area contributed by atoms with E-state index in [0.29, 0.717) is 36.9 Å². The quantitative estimate of drug-likeness (QED) is 0.942. The van der Waals surface area contributed by atoms with Gasteiger partial charge in [-0.25, -0.2) is 0 Å². The van der Waals surface area contributed by atoms with Gasteiger partial charge in [-0.15, -0.1) is 0 Å². The van der Waals surface area contributed by atoms with Crippen molar-refractivity contribution in [2.45, 2.75) is 25.2 Å². The van der Waals surface area contributed by atoms with Gasteiger partial charge in [0.1, 0.15) is 6.26 Å². The molecule has 116 valence electrons. The molecule has 0 unspecified atom stereocenters. The van der Waals surface area contributed by atoms with Gasteiger partial charge in [-0.2, -0.15) is 0 Å². The number of benzene rings is 1. The lowest BCUT2D eigenvalue weighted by atomic mass is 9.73. The first-order valence-electron chi connectivity index (χ1n) is 7.18. The molecule has 0 atom stereocenters. The number of amides is 1. The monoisotopic (exact) mass is 320 g/mol. The molecule has 22 heavy (non-hydrogen) atoms. The lowest BCUT2D eigenvalue weighted by Gasteiger charge is -2.36. The van der Waals surface area contributed by atoms with Gasteiger partial charge in [-0.3, -0.25) is 4.79 Å². The number of nitrogens with one attached hydrogen (secondary N) is 1. The fourth-order valence-electron chi connectivity index (χ4n) is 2.79. The molecule has 0 spiro atoms. The number of anilines is 1. The van der Waals surface area contributed by atoms with Gasteiger partial charge < -0.3 is 14.6 Å². The van der Waals surface area contributed by atoms with Gasteiger partial charge in [0.25, 0.3) is 0 Å². The van der Waals surface area contributed by atoms with E-state index in [1.54, 1.807) is 6.07 Å². The topological polar surface area (TPSA) is 64.4 Å². The molecule has 3 rings (SSSR count). The molecule has 2 aromatic rings. The minimum Gasteiger partial charge on any atom is -0.381 e. The van der Waals surface area contributed by atoms with Crippen LogP contribution in [-0.4, -0.2) is 24.3 Å². The number of carbonyl (C=O) groups is 1. The van der Waals surface area contributed by atoms with Crippen LogP contribution in [0.3, 0.4) is 0 Å². The summed E-state index contributed by atoms with van der Waals surface area (Å²) in [5, 5.41) is 7.32. The van der Waals surface area contributed by atoms with Crippen LogP contribution >= 0.6 is 11.6 Å². The highest BCUT2D eigenvalue weighted by atomic mass is 35.5. The molecule has 5 nitrogen and oxygen atoms in total. The molecule has 1 saturated heterocycles. The van der Waals surface area contributed by atoms with E-state index >= 15 is 0 Å². The molecule has 0 aliphatic carbocycles. The maximum Gasteiger partial charge on any atom is 0.236 e. The average Bonchev–Trinajstić information content (AvgIpc) is 2.93. The van der Waals surface area contributed by atoms with Crippen molar-refractivity contribution in [2.24, 2.45) is 0 Å². The molecule has 1 fully saturated rings. The first-order chi connectivity index (χ1) is 10.6. The zero-order chi connectivity index (χ0) is 15.6. The molecule has 1 amide bonds. The second kappa shape index (κ2) is 6.10. The van der Waals surface area contributed by atoms with Crippen molar-refractivity contribution in [3.05, 3.63) is 46.7 Å². The number of ether oxygens (including phenoxy) is 1. The molecular weight excluding hydrogens is 304 g/mol. The highest BCUT2D eigenvalue weighted by Gasteiger charge is 2.42. The number of hydrogen-bond donors (Lipinski definition) is 1. The lowest BCUT2D eigenvalue weighted by molar-refractivity contribution is -0.125. The van der Waals surface area contributed by atoms with Gasteiger partial charge >= 0.3 is 0 Å². The summed E-state index contributed by atoms with van der Waals surface area (Å²) in [6.07, 6.45) is 2.72. The smallest absolute Gasteiger partial charge is 0.236 e. The molecule has 0 saturated carbocycles. The van der Waals surface area contributed by atoms with Gasteiger partial charge in [-0.1, -0.05) is 28.9 Å². The predicted octanol–water partition coefficient (Wildman–Crippen LogP) is 3.32. The van der Waals surface area contributed by atoms with E-state index in [4.69, 9.17) is 20.9 Å². The van der Waals surface area contributed by atoms with Gasteiger partial charge in [0.15, 0.2) is 5.82 Å². The molecule has 1 aromatic heterocycles. The van der Waals surface area contributed by atoms with Crippen LogP contribution in [0, 0.1) is 6.92 Å². The van der Waals surface area contributed by atoms with E-state index in [0.717, 1.165) is 11.1 Å². The zero-order valence-electron chi connectivity index (χ0n) is 12.3. The Kier molecular flexibility index (Phi) is 4.18. The van der Waals surface area contributed by atoms with Crippen LogP contribution < -0.4 is 5.32 Å². The number of nitrogens with zero attached hydrogens (tertiary/aromatic N) is 1. The fourth-order valence-corrected chi connectivity index (χ4v) is 2.98. The Hall–Kier alpha value is -1.85. The molecule has 0 bridgehead atoms. The van der Waals surface area contributed by atoms with E-state index in [9.17, 15) is 4.79 Å². The van der Waals surface area contributed by atoms with Crippen molar-refractivity contribution in [3.63, 3.8) is 0 Å². The second-order valence-corrected chi connectivity index (χ2v) is 5.94. The van der Waals surface area contributed by atoms with Crippen molar-refractivity contribution in [1.82, 2.24) is 5.16 Å². The van der Waals surface area contributed by atoms with Gasteiger partial charge in [0, 0.05) is 23.8 Å². The van der Waals surface area contributed by atoms with Gasteiger partial charge in [0.05, 0.1) is 5.41 Å². The van der Waals surface area contributed by atoms with Crippen LogP contribution in [0.4, 0.5) is 5.82 Å². The maximum atomic E-state index is 13.0. The lowest BCUT2D eigenvalue weighted by Crippen LogP contribution is -2.45. The summed E-state index contributed by atoms with van der Waals surface area (Å²) in [5.74, 6) is 0.355. The summed E-state index contributed by atoms with van der Waals surface area (Å²) in [5.41, 5.74) is 1.04. The summed E-state index contributed by atoms with van der Waals surface area (Å²) in [4.78, 5) is 13.0. The molecule has 1 aromatic carbocycles. The SMILES string of the molecule is Cc1conc1NC(=O)C1(c2cccc(Cl)c2)CCOCC1. The molecule has 0 radical (unpaired) electrons. The normalized spacial score (nSPS) is 17.2. The van der Waals surface area contributed by atoms with Crippen molar-refractivity contribution >= 4 is 23.3 Å². The molecule has 1 aliphatic heterocycles. The van der Waals surface area contributed by atoms with Crippen LogP contribution in [0.5, 0.6) is 0 Å². The Labute approximate surface area is 133 Å². The summed E-state index contributed by atoms with van der Waals surface area (Å²) >= 11 is 6.11. The largest absolute Gasteiger partial charge is 0.381 e. The molecule has 6 heteroatoms. The highest BCUT2D eigenvalue weighted by Crippen LogP contribution is 2.37. The predicted molar refractivity (Wildman–Crippen MR) is 83.1 cm³/mol. The number of halogens is 1. The zero-order valence-corrected chi connectivity index (χ0v) is 13.0. The van der Waals surface area contributed by atoms with E-state index < -0.39 is 5.41 Å². The molecular formula is C16H17ClN2O3. The van der Waals surface area contributed by atoms with Crippen molar-refractivity contribution < 1.29 is 14.1 Å². The van der Waals surface area contributed by atoms with Crippen LogP contribution in [0.2, 0.25) is 5.02 Å². The Bertz CT molecular complexity index is 678. The Morgan fingerprint density at radius 1 is 1.36 bits per heavy atom. The van der Waals surface area contributed by atoms with Gasteiger partial charge in [0.2, 0.25) is 5.91 Å². The summed E-state index contributed by atoms with van der Waals surface area (Å²) < 4.78 is 10.3. The van der Waals surface area contributed by atoms with Crippen molar-refractivity contribution in [2.75, 3.05) is 18.5 Å². The minimum atomic E-state index is -0.658. The minimum absolute atomic E-state index is 0.102. The first-order valence-corrected chi connectivity index (χ1v) is 7.56. The Balaban J connectivity index is 1.95. The number of hydrogen-bond acceptors (Lipinski definition) is 4. The van der Waals surface area contributed by atoms with E-state index in [2.05, 4.69) is 10.5 Å². The molecule has 1 N–H and O–H groups in total. The number of aromatic nitrogens is 1. The standard InChI is InChI=1S/C16H17ClN2O3/c1-11-10-22-19-14(11)18-15(20)16(5-7-21-8-6-16)12-3-2-4-13(17)9-12/h2-4,9-10H,5-8H2,1H3,(H,18,19,20). The summed E-state index contributed by atoms with van der Waals surface area (Å²) in [6.45, 7) is 2.91. The van der Waals surface area contributed by atoms with Crippen LogP contribution in [0.1, 0.15) is 24.0 Å². The van der Waals surface area contributed by atoms with E-state index in [1.807, 2.05) is 25.1 Å². The van der Waals surface area contributed by atoms with E-state index in [-0.39, 0.29) is 5.91 Å². The third-order valence-electron chi connectivity index (χ3n) is 4.14. The third kappa shape index (κ3) is 2.74. The molecule has 1 aliphatic rings.